The van der Waals surface area contributed by atoms with Crippen LogP contribution in [0.5, 0.6) is 5.75 Å². The fourth-order valence-corrected chi connectivity index (χ4v) is 6.07. The van der Waals surface area contributed by atoms with Gasteiger partial charge in [0.1, 0.15) is 18.2 Å². The summed E-state index contributed by atoms with van der Waals surface area (Å²) in [7, 11) is 0. The number of hydrogen-bond acceptors (Lipinski definition) is 4. The third-order valence-corrected chi connectivity index (χ3v) is 7.88. The fraction of sp³-hybridized carbons (Fsp3) is 0.308. The van der Waals surface area contributed by atoms with Gasteiger partial charge in [-0.05, 0) is 67.6 Å². The summed E-state index contributed by atoms with van der Waals surface area (Å²) in [5.74, 6) is 1.07. The normalized spacial score (nSPS) is 24.5. The van der Waals surface area contributed by atoms with Crippen molar-refractivity contribution in [1.82, 2.24) is 14.3 Å². The maximum absolute atomic E-state index is 14.1. The molecular formula is C26H21F3N4O2. The first-order valence-electron chi connectivity index (χ1n) is 11.6. The molecule has 0 spiro atoms. The minimum absolute atomic E-state index is 0.141. The predicted molar refractivity (Wildman–Crippen MR) is 123 cm³/mol. The summed E-state index contributed by atoms with van der Waals surface area (Å²) in [6.07, 6.45) is 0.171. The average Bonchev–Trinajstić information content (AvgIpc) is 3.41. The zero-order chi connectivity index (χ0) is 24.1. The number of rotatable bonds is 3. The summed E-state index contributed by atoms with van der Waals surface area (Å²) in [6.45, 7) is 0.141. The molecule has 0 radical (unpaired) electrons. The Morgan fingerprint density at radius 1 is 1.11 bits per heavy atom. The van der Waals surface area contributed by atoms with Gasteiger partial charge in [-0.3, -0.25) is 4.79 Å². The van der Waals surface area contributed by atoms with E-state index in [0.717, 1.165) is 42.4 Å². The van der Waals surface area contributed by atoms with Gasteiger partial charge in [0.2, 0.25) is 0 Å². The van der Waals surface area contributed by atoms with Crippen LogP contribution in [0.4, 0.5) is 19.0 Å². The van der Waals surface area contributed by atoms with E-state index >= 15 is 0 Å². The van der Waals surface area contributed by atoms with Gasteiger partial charge in [0, 0.05) is 22.9 Å². The van der Waals surface area contributed by atoms with Crippen LogP contribution in [-0.4, -0.2) is 32.3 Å². The Morgan fingerprint density at radius 3 is 2.63 bits per heavy atom. The van der Waals surface area contributed by atoms with Gasteiger partial charge < -0.3 is 19.8 Å². The standard InChI is InChI=1S/C26H21F3N4O2/c27-26(28,29)16-4-5-17-21(13-35-22(17)9-16)33(25-10-14(11-25)12-25)24(34)15-3-6-18-20(8-15)32-7-1-2-19(32)23(30)31-18/h1-9,14,21H,10-13H2,(H2,30,31). The fourth-order valence-electron chi connectivity index (χ4n) is 6.07. The second kappa shape index (κ2) is 6.68. The van der Waals surface area contributed by atoms with Gasteiger partial charge >= 0.3 is 6.18 Å². The Balaban J connectivity index is 1.31. The van der Waals surface area contributed by atoms with E-state index < -0.39 is 17.8 Å². The minimum atomic E-state index is -4.45. The Labute approximate surface area is 198 Å². The second-order valence-corrected chi connectivity index (χ2v) is 9.92. The van der Waals surface area contributed by atoms with E-state index in [9.17, 15) is 18.0 Å². The van der Waals surface area contributed by atoms with Gasteiger partial charge in [-0.1, -0.05) is 6.07 Å². The number of alkyl halides is 3. The van der Waals surface area contributed by atoms with Crippen molar-refractivity contribution >= 4 is 28.3 Å². The lowest BCUT2D eigenvalue weighted by atomic mass is 9.48. The maximum Gasteiger partial charge on any atom is 0.416 e. The number of carbonyl (C=O) groups excluding carboxylic acids is 1. The van der Waals surface area contributed by atoms with Crippen LogP contribution < -0.4 is 10.5 Å². The highest BCUT2D eigenvalue weighted by molar-refractivity contribution is 5.99. The molecule has 6 nitrogen and oxygen atoms in total. The number of halogens is 3. The zero-order valence-electron chi connectivity index (χ0n) is 18.5. The molecule has 1 aliphatic heterocycles. The van der Waals surface area contributed by atoms with Crippen molar-refractivity contribution < 1.29 is 22.7 Å². The van der Waals surface area contributed by atoms with Gasteiger partial charge in [0.15, 0.2) is 0 Å². The molecule has 3 aliphatic carbocycles. The third kappa shape index (κ3) is 2.84. The summed E-state index contributed by atoms with van der Waals surface area (Å²) < 4.78 is 47.3. The summed E-state index contributed by atoms with van der Waals surface area (Å²) in [6, 6.07) is 12.2. The topological polar surface area (TPSA) is 72.9 Å². The highest BCUT2D eigenvalue weighted by Gasteiger charge is 2.63. The van der Waals surface area contributed by atoms with Crippen LogP contribution in [0.3, 0.4) is 0 Å². The Bertz CT molecular complexity index is 1530. The molecular weight excluding hydrogens is 457 g/mol. The van der Waals surface area contributed by atoms with Crippen molar-refractivity contribution in [2.24, 2.45) is 5.92 Å². The molecule has 3 fully saturated rings. The highest BCUT2D eigenvalue weighted by atomic mass is 19.4. The lowest BCUT2D eigenvalue weighted by molar-refractivity contribution is -0.140. The Kier molecular flexibility index (Phi) is 3.93. The second-order valence-electron chi connectivity index (χ2n) is 9.92. The lowest BCUT2D eigenvalue weighted by Crippen LogP contribution is -2.70. The van der Waals surface area contributed by atoms with Crippen LogP contribution in [0, 0.1) is 5.92 Å². The largest absolute Gasteiger partial charge is 0.491 e. The predicted octanol–water partition coefficient (Wildman–Crippen LogP) is 5.22. The average molecular weight is 478 g/mol. The number of benzene rings is 2. The number of nitrogen functional groups attached to an aromatic ring is 1. The lowest BCUT2D eigenvalue weighted by Gasteiger charge is -2.67. The Hall–Kier alpha value is -3.75. The molecule has 1 atom stereocenters. The zero-order valence-corrected chi connectivity index (χ0v) is 18.5. The quantitative estimate of drug-likeness (QED) is 0.438. The summed E-state index contributed by atoms with van der Waals surface area (Å²) in [4.78, 5) is 20.4. The SMILES string of the molecule is Nc1nc2ccc(C(=O)N(C3COc4cc(C(F)(F)F)ccc43)C34CC(C3)C4)cc2n2cccc12. The molecule has 0 saturated heterocycles. The number of nitrogens with zero attached hydrogens (tertiary/aromatic N) is 3. The van der Waals surface area contributed by atoms with Crippen molar-refractivity contribution in [3.05, 3.63) is 71.4 Å². The van der Waals surface area contributed by atoms with Crippen molar-refractivity contribution in [2.45, 2.75) is 37.0 Å². The van der Waals surface area contributed by atoms with Gasteiger partial charge in [0.25, 0.3) is 5.91 Å². The van der Waals surface area contributed by atoms with E-state index in [1.807, 2.05) is 33.7 Å². The van der Waals surface area contributed by atoms with Gasteiger partial charge in [0.05, 0.1) is 28.2 Å². The molecule has 35 heavy (non-hydrogen) atoms. The number of fused-ring (bicyclic) bond motifs is 4. The van der Waals surface area contributed by atoms with E-state index in [4.69, 9.17) is 10.5 Å². The molecule has 4 aliphatic rings. The van der Waals surface area contributed by atoms with Crippen molar-refractivity contribution in [3.8, 4) is 5.75 Å². The first-order valence-corrected chi connectivity index (χ1v) is 11.6. The molecule has 2 aromatic heterocycles. The van der Waals surface area contributed by atoms with Gasteiger partial charge in [-0.25, -0.2) is 4.98 Å². The smallest absolute Gasteiger partial charge is 0.416 e. The van der Waals surface area contributed by atoms with E-state index in [0.29, 0.717) is 28.4 Å². The third-order valence-electron chi connectivity index (χ3n) is 7.88. The molecule has 2 bridgehead atoms. The number of amides is 1. The summed E-state index contributed by atoms with van der Waals surface area (Å²) in [5, 5.41) is 0. The van der Waals surface area contributed by atoms with Crippen LogP contribution >= 0.6 is 0 Å². The van der Waals surface area contributed by atoms with Gasteiger partial charge in [-0.2, -0.15) is 13.2 Å². The molecule has 2 aromatic carbocycles. The minimum Gasteiger partial charge on any atom is -0.491 e. The van der Waals surface area contributed by atoms with Crippen molar-refractivity contribution in [3.63, 3.8) is 0 Å². The Morgan fingerprint density at radius 2 is 1.91 bits per heavy atom. The summed E-state index contributed by atoms with van der Waals surface area (Å²) in [5.41, 5.74) is 8.38. The molecule has 8 rings (SSSR count). The molecule has 9 heteroatoms. The maximum atomic E-state index is 14.1. The van der Waals surface area contributed by atoms with E-state index in [1.54, 1.807) is 12.1 Å². The first kappa shape index (κ1) is 20.6. The van der Waals surface area contributed by atoms with Crippen LogP contribution in [0.25, 0.3) is 16.6 Å². The van der Waals surface area contributed by atoms with E-state index in [1.165, 1.54) is 6.07 Å². The van der Waals surface area contributed by atoms with E-state index in [-0.39, 0.29) is 23.8 Å². The van der Waals surface area contributed by atoms with Gasteiger partial charge in [-0.15, -0.1) is 0 Å². The molecule has 4 aromatic rings. The van der Waals surface area contributed by atoms with Crippen LogP contribution in [0.2, 0.25) is 0 Å². The van der Waals surface area contributed by atoms with Crippen LogP contribution in [0.15, 0.2) is 54.7 Å². The number of anilines is 1. The monoisotopic (exact) mass is 478 g/mol. The van der Waals surface area contributed by atoms with E-state index in [2.05, 4.69) is 4.98 Å². The highest BCUT2D eigenvalue weighted by Crippen LogP contribution is 2.63. The number of aromatic nitrogens is 2. The first-order chi connectivity index (χ1) is 16.7. The van der Waals surface area contributed by atoms with Crippen LogP contribution in [0.1, 0.15) is 46.8 Å². The molecule has 2 N–H and O–H groups in total. The molecule has 3 saturated carbocycles. The molecule has 1 amide bonds. The number of nitrogens with two attached hydrogens (primary N) is 1. The number of carbonyl (C=O) groups is 1. The summed E-state index contributed by atoms with van der Waals surface area (Å²) >= 11 is 0. The molecule has 1 unspecified atom stereocenters. The molecule has 178 valence electrons. The van der Waals surface area contributed by atoms with Crippen LogP contribution in [-0.2, 0) is 6.18 Å². The van der Waals surface area contributed by atoms with Crippen molar-refractivity contribution in [2.75, 3.05) is 12.3 Å². The van der Waals surface area contributed by atoms with Crippen molar-refractivity contribution in [1.29, 1.82) is 0 Å². The number of ether oxygens (including phenoxy) is 1. The molecule has 3 heterocycles. The number of hydrogen-bond donors (Lipinski definition) is 1.